The summed E-state index contributed by atoms with van der Waals surface area (Å²) in [5, 5.41) is -1.60. The van der Waals surface area contributed by atoms with Gasteiger partial charge >= 0.3 is 12.4 Å². The van der Waals surface area contributed by atoms with E-state index in [1.807, 2.05) is 0 Å². The first-order valence-electron chi connectivity index (χ1n) is 3.37. The standard InChI is InChI=1S/C6H3ClF6O/c7-3(14)2-1-4(2,5(8,9)10)6(11,12)13/h2H,1H2. The Hall–Kier alpha value is -0.460. The van der Waals surface area contributed by atoms with Crippen LogP contribution in [0.15, 0.2) is 0 Å². The summed E-state index contributed by atoms with van der Waals surface area (Å²) in [5.41, 5.74) is -3.92. The third-order valence-electron chi connectivity index (χ3n) is 2.25. The summed E-state index contributed by atoms with van der Waals surface area (Å²) in [6, 6.07) is 0. The Morgan fingerprint density at radius 2 is 1.50 bits per heavy atom. The van der Waals surface area contributed by atoms with Crippen molar-refractivity contribution in [3.8, 4) is 0 Å². The van der Waals surface area contributed by atoms with Gasteiger partial charge in [-0.2, -0.15) is 26.3 Å². The van der Waals surface area contributed by atoms with Crippen molar-refractivity contribution in [3.63, 3.8) is 0 Å². The molecule has 1 aliphatic rings. The van der Waals surface area contributed by atoms with Crippen LogP contribution >= 0.6 is 11.6 Å². The molecule has 0 aliphatic heterocycles. The lowest BCUT2D eigenvalue weighted by Gasteiger charge is -2.22. The summed E-state index contributed by atoms with van der Waals surface area (Å²) >= 11 is 4.63. The van der Waals surface area contributed by atoms with Gasteiger partial charge in [-0.3, -0.25) is 4.79 Å². The van der Waals surface area contributed by atoms with Crippen molar-refractivity contribution in [2.45, 2.75) is 18.8 Å². The molecule has 0 spiro atoms. The third-order valence-corrected chi connectivity index (χ3v) is 2.51. The first-order chi connectivity index (χ1) is 6.04. The molecule has 0 aromatic heterocycles. The zero-order valence-electron chi connectivity index (χ0n) is 6.34. The van der Waals surface area contributed by atoms with Crippen LogP contribution in [0.3, 0.4) is 0 Å². The summed E-state index contributed by atoms with van der Waals surface area (Å²) in [4.78, 5) is 10.3. The fourth-order valence-electron chi connectivity index (χ4n) is 1.32. The van der Waals surface area contributed by atoms with Crippen molar-refractivity contribution in [2.75, 3.05) is 0 Å². The Morgan fingerprint density at radius 3 is 1.57 bits per heavy atom. The molecule has 0 amide bonds. The van der Waals surface area contributed by atoms with Crippen molar-refractivity contribution in [3.05, 3.63) is 0 Å². The van der Waals surface area contributed by atoms with E-state index in [0.29, 0.717) is 0 Å². The van der Waals surface area contributed by atoms with E-state index >= 15 is 0 Å². The van der Waals surface area contributed by atoms with Crippen molar-refractivity contribution in [1.29, 1.82) is 0 Å². The smallest absolute Gasteiger partial charge is 0.281 e. The quantitative estimate of drug-likeness (QED) is 0.509. The summed E-state index contributed by atoms with van der Waals surface area (Å²) in [7, 11) is 0. The summed E-state index contributed by atoms with van der Waals surface area (Å²) < 4.78 is 72.4. The van der Waals surface area contributed by atoms with Gasteiger partial charge in [-0.1, -0.05) is 0 Å². The van der Waals surface area contributed by atoms with Gasteiger partial charge in [-0.05, 0) is 18.0 Å². The van der Waals surface area contributed by atoms with Crippen LogP contribution in [-0.2, 0) is 4.79 Å². The first kappa shape index (κ1) is 11.6. The van der Waals surface area contributed by atoms with Crippen LogP contribution in [0.2, 0.25) is 0 Å². The molecule has 1 saturated carbocycles. The molecule has 1 unspecified atom stereocenters. The van der Waals surface area contributed by atoms with Gasteiger partial charge in [-0.25, -0.2) is 0 Å². The highest BCUT2D eigenvalue weighted by Crippen LogP contribution is 2.70. The van der Waals surface area contributed by atoms with E-state index in [2.05, 4.69) is 11.6 Å². The van der Waals surface area contributed by atoms with Crippen LogP contribution in [-0.4, -0.2) is 17.6 Å². The maximum atomic E-state index is 12.1. The minimum atomic E-state index is -5.49. The Morgan fingerprint density at radius 1 is 1.14 bits per heavy atom. The van der Waals surface area contributed by atoms with E-state index in [1.165, 1.54) is 0 Å². The highest BCUT2D eigenvalue weighted by molar-refractivity contribution is 6.64. The van der Waals surface area contributed by atoms with Crippen molar-refractivity contribution in [1.82, 2.24) is 0 Å². The SMILES string of the molecule is O=C(Cl)C1CC1(C(F)(F)F)C(F)(F)F. The molecule has 1 nitrogen and oxygen atoms in total. The lowest BCUT2D eigenvalue weighted by Crippen LogP contribution is -2.41. The van der Waals surface area contributed by atoms with Gasteiger partial charge in [0, 0.05) is 0 Å². The van der Waals surface area contributed by atoms with E-state index in [1.54, 1.807) is 0 Å². The highest BCUT2D eigenvalue weighted by Gasteiger charge is 2.85. The molecule has 0 N–H and O–H groups in total. The van der Waals surface area contributed by atoms with Gasteiger partial charge in [0.2, 0.25) is 5.24 Å². The molecule has 0 bridgehead atoms. The number of alkyl halides is 6. The molecular weight excluding hydrogens is 238 g/mol. The number of rotatable bonds is 1. The molecule has 82 valence electrons. The Labute approximate surface area is 79.0 Å². The average molecular weight is 241 g/mol. The summed E-state index contributed by atoms with van der Waals surface area (Å²) in [5.74, 6) is -2.19. The predicted molar refractivity (Wildman–Crippen MR) is 33.5 cm³/mol. The van der Waals surface area contributed by atoms with Crippen molar-refractivity contribution >= 4 is 16.8 Å². The van der Waals surface area contributed by atoms with E-state index in [4.69, 9.17) is 0 Å². The molecule has 0 aromatic rings. The molecule has 1 fully saturated rings. The maximum absolute atomic E-state index is 12.1. The maximum Gasteiger partial charge on any atom is 0.403 e. The number of carbonyl (C=O) groups excluding carboxylic acids is 1. The minimum absolute atomic E-state index is 1.30. The van der Waals surface area contributed by atoms with Crippen LogP contribution in [0.25, 0.3) is 0 Å². The normalized spacial score (nSPS) is 26.1. The zero-order valence-corrected chi connectivity index (χ0v) is 7.09. The highest BCUT2D eigenvalue weighted by atomic mass is 35.5. The second-order valence-electron chi connectivity index (χ2n) is 3.03. The van der Waals surface area contributed by atoms with Crippen LogP contribution in [0.1, 0.15) is 6.42 Å². The number of carbonyl (C=O) groups is 1. The molecule has 1 aliphatic carbocycles. The summed E-state index contributed by atoms with van der Waals surface area (Å²) in [6.45, 7) is 0. The minimum Gasteiger partial charge on any atom is -0.281 e. The fourth-order valence-corrected chi connectivity index (χ4v) is 1.59. The molecule has 1 rings (SSSR count). The molecule has 0 aromatic carbocycles. The second kappa shape index (κ2) is 2.77. The van der Waals surface area contributed by atoms with Gasteiger partial charge in [0.05, 0.1) is 5.92 Å². The predicted octanol–water partition coefficient (Wildman–Crippen LogP) is 2.88. The zero-order chi connectivity index (χ0) is 11.4. The monoisotopic (exact) mass is 240 g/mol. The average Bonchev–Trinajstić information content (AvgIpc) is 2.54. The molecule has 0 saturated heterocycles. The van der Waals surface area contributed by atoms with Crippen molar-refractivity contribution < 1.29 is 31.1 Å². The van der Waals surface area contributed by atoms with Gasteiger partial charge in [0.25, 0.3) is 0 Å². The number of hydrogen-bond donors (Lipinski definition) is 0. The molecule has 0 heterocycles. The molecule has 14 heavy (non-hydrogen) atoms. The molecule has 1 atom stereocenters. The largest absolute Gasteiger partial charge is 0.403 e. The van der Waals surface area contributed by atoms with Crippen LogP contribution in [0.4, 0.5) is 26.3 Å². The van der Waals surface area contributed by atoms with E-state index in [-0.39, 0.29) is 0 Å². The Bertz CT molecular complexity index is 252. The first-order valence-corrected chi connectivity index (χ1v) is 3.74. The fraction of sp³-hybridized carbons (Fsp3) is 0.833. The topological polar surface area (TPSA) is 17.1 Å². The van der Waals surface area contributed by atoms with Crippen LogP contribution < -0.4 is 0 Å². The van der Waals surface area contributed by atoms with E-state index in [9.17, 15) is 31.1 Å². The Kier molecular flexibility index (Phi) is 2.30. The van der Waals surface area contributed by atoms with E-state index in [0.717, 1.165) is 0 Å². The third kappa shape index (κ3) is 1.37. The van der Waals surface area contributed by atoms with Crippen LogP contribution in [0.5, 0.6) is 0 Å². The number of halogens is 7. The van der Waals surface area contributed by atoms with Crippen molar-refractivity contribution in [2.24, 2.45) is 11.3 Å². The Balaban J connectivity index is 3.05. The molecule has 0 radical (unpaired) electrons. The van der Waals surface area contributed by atoms with Gasteiger partial charge in [-0.15, -0.1) is 0 Å². The second-order valence-corrected chi connectivity index (χ2v) is 3.40. The molecular formula is C6H3ClF6O. The van der Waals surface area contributed by atoms with Gasteiger partial charge in [0.15, 0.2) is 5.41 Å². The lowest BCUT2D eigenvalue weighted by molar-refractivity contribution is -0.304. The van der Waals surface area contributed by atoms with E-state index < -0.39 is 35.3 Å². The van der Waals surface area contributed by atoms with Crippen LogP contribution in [0, 0.1) is 11.3 Å². The van der Waals surface area contributed by atoms with Gasteiger partial charge < -0.3 is 0 Å². The lowest BCUT2D eigenvalue weighted by atomic mass is 10.0. The van der Waals surface area contributed by atoms with Gasteiger partial charge in [0.1, 0.15) is 0 Å². The summed E-state index contributed by atoms with van der Waals surface area (Å²) in [6.07, 6.45) is -12.3. The number of hydrogen-bond acceptors (Lipinski definition) is 1. The molecule has 8 heteroatoms.